The van der Waals surface area contributed by atoms with Gasteiger partial charge in [0, 0.05) is 50.0 Å². The van der Waals surface area contributed by atoms with Gasteiger partial charge in [-0.05, 0) is 51.5 Å². The van der Waals surface area contributed by atoms with Crippen molar-refractivity contribution in [2.24, 2.45) is 7.05 Å². The molecule has 0 unspecified atom stereocenters. The number of amides is 2. The molecule has 3 aromatic rings. The van der Waals surface area contributed by atoms with Crippen LogP contribution in [0, 0.1) is 11.6 Å². The van der Waals surface area contributed by atoms with Crippen molar-refractivity contribution in [2.75, 3.05) is 59.2 Å². The maximum atomic E-state index is 14.4. The molecule has 46 heavy (non-hydrogen) atoms. The molecule has 1 aliphatic heterocycles. The molecule has 250 valence electrons. The van der Waals surface area contributed by atoms with Crippen LogP contribution >= 0.6 is 11.6 Å². The summed E-state index contributed by atoms with van der Waals surface area (Å²) in [5, 5.41) is 9.54. The summed E-state index contributed by atoms with van der Waals surface area (Å²) < 4.78 is 58.0. The fraction of sp³-hybridized carbons (Fsp3) is 0.345. The maximum absolute atomic E-state index is 14.4. The number of carboxylic acid groups (broad SMARTS) is 1. The summed E-state index contributed by atoms with van der Waals surface area (Å²) in [6, 6.07) is 6.12. The van der Waals surface area contributed by atoms with Crippen molar-refractivity contribution in [1.82, 2.24) is 24.3 Å². The molecule has 0 saturated carbocycles. The molecule has 2 aromatic carbocycles. The van der Waals surface area contributed by atoms with E-state index in [-0.39, 0.29) is 45.7 Å². The predicted molar refractivity (Wildman–Crippen MR) is 161 cm³/mol. The van der Waals surface area contributed by atoms with Crippen molar-refractivity contribution in [3.63, 3.8) is 0 Å². The number of alkyl halides is 2. The molecule has 12 nitrogen and oxygen atoms in total. The number of piperazine rings is 1. The largest absolute Gasteiger partial charge is 0.483 e. The Kier molecular flexibility index (Phi) is 14.6. The first-order valence-corrected chi connectivity index (χ1v) is 13.8. The summed E-state index contributed by atoms with van der Waals surface area (Å²) in [5.41, 5.74) is 0.243. The van der Waals surface area contributed by atoms with Gasteiger partial charge in [-0.15, -0.1) is 0 Å². The highest BCUT2D eigenvalue weighted by molar-refractivity contribution is 6.33. The van der Waals surface area contributed by atoms with Gasteiger partial charge < -0.3 is 34.4 Å². The number of aldehydes is 1. The monoisotopic (exact) mass is 672 g/mol. The number of hydrogen-bond donors (Lipinski definition) is 2. The topological polar surface area (TPSA) is 137 Å². The summed E-state index contributed by atoms with van der Waals surface area (Å²) in [7, 11) is 7.33. The van der Waals surface area contributed by atoms with E-state index in [2.05, 4.69) is 27.0 Å². The van der Waals surface area contributed by atoms with Crippen LogP contribution in [0.5, 0.6) is 5.75 Å². The van der Waals surface area contributed by atoms with Gasteiger partial charge in [0.2, 0.25) is 11.7 Å². The van der Waals surface area contributed by atoms with Crippen LogP contribution in [0.25, 0.3) is 11.3 Å². The lowest BCUT2D eigenvalue weighted by Crippen LogP contribution is -2.49. The number of ether oxygens (including phenoxy) is 1. The van der Waals surface area contributed by atoms with E-state index in [0.717, 1.165) is 44.5 Å². The molecule has 1 aliphatic rings. The summed E-state index contributed by atoms with van der Waals surface area (Å²) >= 11 is 5.91. The standard InChI is InChI=1S/C19H12ClF4N3O3.C9H19N3O.CH2O2/c1-27-13(11-4-5-14(30-19(23)24)16(22)15(11)21)7-25-17(27)18(29)26-10-3-2-9(8-28)12(20)6-10;1-10(2)8-9(13)12-6-4-11(3)5-7-12;2-1-3/h2-8,19H,1H3,(H,26,29);4-8H2,1-3H3;1H,(H,2,3). The number of rotatable bonds is 8. The molecule has 0 atom stereocenters. The Morgan fingerprint density at radius 2 is 1.72 bits per heavy atom. The Balaban J connectivity index is 0.000000382. The fourth-order valence-corrected chi connectivity index (χ4v) is 4.33. The minimum atomic E-state index is -3.31. The first-order chi connectivity index (χ1) is 21.7. The molecule has 1 aromatic heterocycles. The second-order valence-corrected chi connectivity index (χ2v) is 10.4. The van der Waals surface area contributed by atoms with Gasteiger partial charge in [-0.1, -0.05) is 11.6 Å². The Morgan fingerprint density at radius 1 is 1.09 bits per heavy atom. The number of nitrogens with one attached hydrogen (secondary N) is 1. The van der Waals surface area contributed by atoms with Crippen molar-refractivity contribution in [3.05, 3.63) is 64.6 Å². The Labute approximate surface area is 267 Å². The molecule has 0 spiro atoms. The van der Waals surface area contributed by atoms with Crippen molar-refractivity contribution < 1.29 is 46.6 Å². The molecule has 17 heteroatoms. The van der Waals surface area contributed by atoms with Crippen LogP contribution in [0.1, 0.15) is 21.0 Å². The summed E-state index contributed by atoms with van der Waals surface area (Å²) in [6.45, 7) is 0.722. The number of hydrogen-bond acceptors (Lipinski definition) is 8. The van der Waals surface area contributed by atoms with Crippen molar-refractivity contribution in [2.45, 2.75) is 6.61 Å². The SMILES string of the molecule is CN(C)CC(=O)N1CCN(C)CC1.Cn1c(-c2ccc(OC(F)F)c(F)c2F)cnc1C(=O)Nc1ccc(C=O)c(Cl)c1.O=CO. The van der Waals surface area contributed by atoms with E-state index in [1.165, 1.54) is 29.8 Å². The summed E-state index contributed by atoms with van der Waals surface area (Å²) in [5.74, 6) is -4.55. The number of benzene rings is 2. The molecule has 2 heterocycles. The lowest BCUT2D eigenvalue weighted by atomic mass is 10.1. The van der Waals surface area contributed by atoms with Crippen molar-refractivity contribution in [1.29, 1.82) is 0 Å². The number of anilines is 1. The number of aromatic nitrogens is 2. The van der Waals surface area contributed by atoms with Crippen LogP contribution in [0.3, 0.4) is 0 Å². The lowest BCUT2D eigenvalue weighted by molar-refractivity contribution is -0.133. The van der Waals surface area contributed by atoms with Crippen molar-refractivity contribution >= 4 is 41.9 Å². The number of halogens is 5. The molecule has 4 rings (SSSR count). The van der Waals surface area contributed by atoms with Gasteiger partial charge in [-0.25, -0.2) is 9.37 Å². The molecular formula is C29H33ClF4N6O6. The van der Waals surface area contributed by atoms with E-state index >= 15 is 0 Å². The third-order valence-corrected chi connectivity index (χ3v) is 6.75. The highest BCUT2D eigenvalue weighted by Gasteiger charge is 2.23. The highest BCUT2D eigenvalue weighted by Crippen LogP contribution is 2.31. The van der Waals surface area contributed by atoms with Gasteiger partial charge >= 0.3 is 6.61 Å². The van der Waals surface area contributed by atoms with Crippen molar-refractivity contribution in [3.8, 4) is 17.0 Å². The number of carbonyl (C=O) groups excluding carboxylic acids is 3. The zero-order chi connectivity index (χ0) is 34.6. The summed E-state index contributed by atoms with van der Waals surface area (Å²) in [4.78, 5) is 53.3. The Hall–Kier alpha value is -4.54. The number of nitrogens with zero attached hydrogens (tertiary/aromatic N) is 5. The molecule has 1 fully saturated rings. The third-order valence-electron chi connectivity index (χ3n) is 6.42. The average molecular weight is 673 g/mol. The van der Waals surface area contributed by atoms with Crippen LogP contribution < -0.4 is 10.1 Å². The molecule has 0 bridgehead atoms. The second kappa shape index (κ2) is 17.8. The van der Waals surface area contributed by atoms with Crippen LogP contribution in [0.2, 0.25) is 5.02 Å². The molecule has 0 aliphatic carbocycles. The zero-order valence-corrected chi connectivity index (χ0v) is 26.1. The van der Waals surface area contributed by atoms with E-state index in [1.807, 2.05) is 23.9 Å². The smallest absolute Gasteiger partial charge is 0.387 e. The Morgan fingerprint density at radius 3 is 2.26 bits per heavy atom. The maximum Gasteiger partial charge on any atom is 0.387 e. The van der Waals surface area contributed by atoms with Gasteiger partial charge in [-0.3, -0.25) is 19.2 Å². The van der Waals surface area contributed by atoms with Gasteiger partial charge in [0.25, 0.3) is 12.4 Å². The van der Waals surface area contributed by atoms with Crippen LogP contribution in [-0.4, -0.2) is 114 Å². The second-order valence-electron chi connectivity index (χ2n) is 9.98. The first kappa shape index (κ1) is 37.6. The van der Waals surface area contributed by atoms with E-state index in [4.69, 9.17) is 21.5 Å². The van der Waals surface area contributed by atoms with Gasteiger partial charge in [0.05, 0.1) is 23.5 Å². The quantitative estimate of drug-likeness (QED) is 0.271. The van der Waals surface area contributed by atoms with E-state index in [9.17, 15) is 31.9 Å². The van der Waals surface area contributed by atoms with Crippen LogP contribution in [0.15, 0.2) is 36.5 Å². The van der Waals surface area contributed by atoms with Crippen LogP contribution in [0.4, 0.5) is 23.2 Å². The third kappa shape index (κ3) is 10.5. The summed E-state index contributed by atoms with van der Waals surface area (Å²) in [6.07, 6.45) is 1.69. The van der Waals surface area contributed by atoms with Gasteiger partial charge in [0.15, 0.2) is 23.7 Å². The molecule has 2 N–H and O–H groups in total. The van der Waals surface area contributed by atoms with E-state index in [1.54, 1.807) is 0 Å². The van der Waals surface area contributed by atoms with E-state index < -0.39 is 29.9 Å². The molecular weight excluding hydrogens is 640 g/mol. The zero-order valence-electron chi connectivity index (χ0n) is 25.3. The number of imidazole rings is 1. The minimum Gasteiger partial charge on any atom is -0.483 e. The average Bonchev–Trinajstić information content (AvgIpc) is 3.37. The van der Waals surface area contributed by atoms with Gasteiger partial charge in [-0.2, -0.15) is 13.2 Å². The van der Waals surface area contributed by atoms with Crippen LogP contribution in [-0.2, 0) is 16.6 Å². The number of likely N-dealkylation sites (N-methyl/N-ethyl adjacent to an activating group) is 2. The molecule has 1 saturated heterocycles. The fourth-order valence-electron chi connectivity index (χ4n) is 4.10. The molecule has 0 radical (unpaired) electrons. The van der Waals surface area contributed by atoms with E-state index in [0.29, 0.717) is 12.8 Å². The molecule has 2 amide bonds. The normalized spacial score (nSPS) is 12.9. The van der Waals surface area contributed by atoms with Gasteiger partial charge in [0.1, 0.15) is 0 Å². The predicted octanol–water partition coefficient (Wildman–Crippen LogP) is 3.71. The highest BCUT2D eigenvalue weighted by atomic mass is 35.5. The Bertz CT molecular complexity index is 1520. The lowest BCUT2D eigenvalue weighted by Gasteiger charge is -2.33. The first-order valence-electron chi connectivity index (χ1n) is 13.4. The minimum absolute atomic E-state index is 0.0227. The number of carbonyl (C=O) groups is 4.